The number of carbonyl (C=O) groups is 1. The zero-order chi connectivity index (χ0) is 12.6. The summed E-state index contributed by atoms with van der Waals surface area (Å²) in [6.45, 7) is 0. The van der Waals surface area contributed by atoms with Crippen molar-refractivity contribution in [2.24, 2.45) is 0 Å². The van der Waals surface area contributed by atoms with E-state index < -0.39 is 17.1 Å². The topological polar surface area (TPSA) is 131 Å². The van der Waals surface area contributed by atoms with Gasteiger partial charge in [-0.25, -0.2) is 4.79 Å². The van der Waals surface area contributed by atoms with Gasteiger partial charge in [0.1, 0.15) is 0 Å². The van der Waals surface area contributed by atoms with E-state index in [4.69, 9.17) is 5.73 Å². The number of nitrogens with zero attached hydrogens (tertiary/aromatic N) is 1. The molecular weight excluding hydrogens is 228 g/mol. The number of H-pyrrole nitrogens is 2. The number of nitrogens with one attached hydrogen (secondary N) is 2. The summed E-state index contributed by atoms with van der Waals surface area (Å²) in [6.07, 6.45) is 0. The molecule has 4 N–H and O–H groups in total. The van der Waals surface area contributed by atoms with E-state index in [1.165, 1.54) is 0 Å². The first-order chi connectivity index (χ1) is 8.02. The van der Waals surface area contributed by atoms with E-state index in [-0.39, 0.29) is 22.5 Å². The van der Waals surface area contributed by atoms with Crippen molar-refractivity contribution >= 4 is 23.0 Å². The van der Waals surface area contributed by atoms with Crippen LogP contribution >= 0.6 is 0 Å². The minimum atomic E-state index is -0.793. The number of esters is 1. The molecule has 0 aliphatic heterocycles. The van der Waals surface area contributed by atoms with Gasteiger partial charge in [0.2, 0.25) is 11.5 Å². The van der Waals surface area contributed by atoms with Crippen molar-refractivity contribution in [2.45, 2.75) is 0 Å². The quantitative estimate of drug-likeness (QED) is 0.543. The van der Waals surface area contributed by atoms with Crippen LogP contribution in [0.4, 0.5) is 5.95 Å². The highest BCUT2D eigenvalue weighted by Crippen LogP contribution is 2.09. The smallest absolute Gasteiger partial charge is 0.339 e. The van der Waals surface area contributed by atoms with Gasteiger partial charge in [0.25, 0.3) is 5.56 Å². The third-order valence-electron chi connectivity index (χ3n) is 2.13. The maximum Gasteiger partial charge on any atom is 0.339 e. The summed E-state index contributed by atoms with van der Waals surface area (Å²) >= 11 is 0. The molecule has 0 bridgehead atoms. The first-order valence-electron chi connectivity index (χ1n) is 4.54. The molecule has 2 heterocycles. The molecular formula is C9H8N4O4. The molecule has 88 valence electrons. The van der Waals surface area contributed by atoms with Gasteiger partial charge in [-0.15, -0.1) is 0 Å². The first-order valence-corrected chi connectivity index (χ1v) is 4.54. The average Bonchev–Trinajstić information content (AvgIpc) is 2.25. The number of fused-ring (bicyclic) bond motifs is 1. The molecule has 0 atom stereocenters. The van der Waals surface area contributed by atoms with Crippen molar-refractivity contribution in [1.82, 2.24) is 15.0 Å². The van der Waals surface area contributed by atoms with Crippen molar-refractivity contribution in [3.8, 4) is 0 Å². The SMILES string of the molecule is COC(=O)c1cc(=O)[nH]c2nc(N)[nH]c(=O)c12. The number of nitrogen functional groups attached to an aromatic ring is 1. The average molecular weight is 236 g/mol. The van der Waals surface area contributed by atoms with Crippen LogP contribution in [0.1, 0.15) is 10.4 Å². The third kappa shape index (κ3) is 1.75. The maximum atomic E-state index is 11.6. The van der Waals surface area contributed by atoms with E-state index in [0.717, 1.165) is 13.2 Å². The highest BCUT2D eigenvalue weighted by atomic mass is 16.5. The second-order valence-corrected chi connectivity index (χ2v) is 3.21. The van der Waals surface area contributed by atoms with Gasteiger partial charge in [0.05, 0.1) is 18.1 Å². The number of aromatic amines is 2. The Hall–Kier alpha value is -2.64. The number of methoxy groups -OCH3 is 1. The van der Waals surface area contributed by atoms with Crippen molar-refractivity contribution < 1.29 is 9.53 Å². The molecule has 0 fully saturated rings. The van der Waals surface area contributed by atoms with Crippen LogP contribution in [0.3, 0.4) is 0 Å². The molecule has 0 amide bonds. The van der Waals surface area contributed by atoms with Crippen molar-refractivity contribution in [3.05, 3.63) is 32.3 Å². The van der Waals surface area contributed by atoms with Gasteiger partial charge in [-0.1, -0.05) is 0 Å². The first kappa shape index (κ1) is 10.9. The largest absolute Gasteiger partial charge is 0.465 e. The fourth-order valence-electron chi connectivity index (χ4n) is 1.46. The van der Waals surface area contributed by atoms with E-state index in [9.17, 15) is 14.4 Å². The molecule has 0 saturated heterocycles. The normalized spacial score (nSPS) is 10.4. The number of hydrogen-bond acceptors (Lipinski definition) is 6. The summed E-state index contributed by atoms with van der Waals surface area (Å²) in [6, 6.07) is 0.973. The standard InChI is InChI=1S/C9H8N4O4/c1-17-8(16)3-2-4(14)11-6-5(3)7(15)13-9(10)12-6/h2H,1H3,(H4,10,11,12,13,14,15). The fourth-order valence-corrected chi connectivity index (χ4v) is 1.46. The highest BCUT2D eigenvalue weighted by molar-refractivity contribution is 6.01. The maximum absolute atomic E-state index is 11.6. The molecule has 0 aromatic carbocycles. The van der Waals surface area contributed by atoms with Crippen LogP contribution in [0.2, 0.25) is 0 Å². The second-order valence-electron chi connectivity index (χ2n) is 3.21. The van der Waals surface area contributed by atoms with E-state index >= 15 is 0 Å². The predicted octanol–water partition coefficient (Wildman–Crippen LogP) is -1.02. The summed E-state index contributed by atoms with van der Waals surface area (Å²) in [5.74, 6) is -0.946. The molecule has 0 saturated carbocycles. The number of anilines is 1. The van der Waals surface area contributed by atoms with Crippen molar-refractivity contribution in [3.63, 3.8) is 0 Å². The van der Waals surface area contributed by atoms with E-state index in [1.54, 1.807) is 0 Å². The summed E-state index contributed by atoms with van der Waals surface area (Å²) in [4.78, 5) is 42.7. The van der Waals surface area contributed by atoms with Crippen LogP contribution < -0.4 is 16.9 Å². The zero-order valence-electron chi connectivity index (χ0n) is 8.73. The Morgan fingerprint density at radius 1 is 1.41 bits per heavy atom. The number of hydrogen-bond donors (Lipinski definition) is 3. The van der Waals surface area contributed by atoms with Crippen LogP contribution in [-0.2, 0) is 4.74 Å². The van der Waals surface area contributed by atoms with Crippen LogP contribution in [0.15, 0.2) is 15.7 Å². The molecule has 0 radical (unpaired) electrons. The van der Waals surface area contributed by atoms with Gasteiger partial charge in [-0.05, 0) is 0 Å². The molecule has 8 heteroatoms. The molecule has 17 heavy (non-hydrogen) atoms. The molecule has 0 spiro atoms. The van der Waals surface area contributed by atoms with Crippen molar-refractivity contribution in [2.75, 3.05) is 12.8 Å². The van der Waals surface area contributed by atoms with Gasteiger partial charge in [0, 0.05) is 6.07 Å². The number of ether oxygens (including phenoxy) is 1. The summed E-state index contributed by atoms with van der Waals surface area (Å²) in [5.41, 5.74) is 3.92. The van der Waals surface area contributed by atoms with Gasteiger partial charge in [-0.2, -0.15) is 4.98 Å². The van der Waals surface area contributed by atoms with E-state index in [1.807, 2.05) is 0 Å². The van der Waals surface area contributed by atoms with Crippen LogP contribution in [0, 0.1) is 0 Å². The molecule has 2 rings (SSSR count). The van der Waals surface area contributed by atoms with Crippen LogP contribution in [-0.4, -0.2) is 28.0 Å². The summed E-state index contributed by atoms with van der Waals surface area (Å²) < 4.78 is 4.48. The predicted molar refractivity (Wildman–Crippen MR) is 58.7 cm³/mol. The third-order valence-corrected chi connectivity index (χ3v) is 2.13. The Balaban J connectivity index is 2.98. The lowest BCUT2D eigenvalue weighted by Gasteiger charge is -2.03. The molecule has 2 aromatic heterocycles. The van der Waals surface area contributed by atoms with Crippen molar-refractivity contribution in [1.29, 1.82) is 0 Å². The molecule has 8 nitrogen and oxygen atoms in total. The molecule has 2 aromatic rings. The Morgan fingerprint density at radius 3 is 2.76 bits per heavy atom. The Morgan fingerprint density at radius 2 is 2.12 bits per heavy atom. The number of aromatic nitrogens is 3. The minimum absolute atomic E-state index is 0.0563. The van der Waals surface area contributed by atoms with Crippen LogP contribution in [0.5, 0.6) is 0 Å². The Bertz CT molecular complexity index is 715. The molecule has 0 unspecified atom stereocenters. The van der Waals surface area contributed by atoms with Gasteiger partial charge in [0.15, 0.2) is 5.65 Å². The second kappa shape index (κ2) is 3.74. The van der Waals surface area contributed by atoms with Crippen LogP contribution in [0.25, 0.3) is 11.0 Å². The number of carbonyl (C=O) groups excluding carboxylic acids is 1. The van der Waals surface area contributed by atoms with E-state index in [0.29, 0.717) is 0 Å². The monoisotopic (exact) mass is 236 g/mol. The molecule has 0 aliphatic carbocycles. The summed E-state index contributed by atoms with van der Waals surface area (Å²) in [7, 11) is 1.15. The Kier molecular flexibility index (Phi) is 2.39. The lowest BCUT2D eigenvalue weighted by molar-refractivity contribution is 0.0602. The number of nitrogens with two attached hydrogens (primary N) is 1. The Labute approximate surface area is 93.4 Å². The fraction of sp³-hybridized carbons (Fsp3) is 0.111. The minimum Gasteiger partial charge on any atom is -0.465 e. The zero-order valence-corrected chi connectivity index (χ0v) is 8.73. The lowest BCUT2D eigenvalue weighted by Crippen LogP contribution is -2.20. The number of pyridine rings is 1. The summed E-state index contributed by atoms with van der Waals surface area (Å²) in [5, 5.41) is -0.0642. The lowest BCUT2D eigenvalue weighted by atomic mass is 10.2. The highest BCUT2D eigenvalue weighted by Gasteiger charge is 2.16. The van der Waals surface area contributed by atoms with Gasteiger partial charge >= 0.3 is 5.97 Å². The number of rotatable bonds is 1. The van der Waals surface area contributed by atoms with E-state index in [2.05, 4.69) is 19.7 Å². The van der Waals surface area contributed by atoms with Gasteiger partial charge < -0.3 is 15.5 Å². The van der Waals surface area contributed by atoms with Gasteiger partial charge in [-0.3, -0.25) is 14.6 Å². The molecule has 0 aliphatic rings.